The van der Waals surface area contributed by atoms with Gasteiger partial charge >= 0.3 is 0 Å². The molecule has 1 saturated heterocycles. The molecule has 190 valence electrons. The Kier molecular flexibility index (Phi) is 7.06. The van der Waals surface area contributed by atoms with E-state index in [9.17, 15) is 14.9 Å². The van der Waals surface area contributed by atoms with Crippen LogP contribution in [0.25, 0.3) is 15.5 Å². The summed E-state index contributed by atoms with van der Waals surface area (Å²) in [5.41, 5.74) is 2.22. The lowest BCUT2D eigenvalue weighted by atomic mass is 10.1. The number of hydrogen-bond donors (Lipinski definition) is 2. The molecule has 1 fully saturated rings. The van der Waals surface area contributed by atoms with Crippen molar-refractivity contribution in [3.63, 3.8) is 0 Å². The molecule has 5 rings (SSSR count). The molecule has 1 amide bonds. The fourth-order valence-corrected chi connectivity index (χ4v) is 5.32. The number of aryl methyl sites for hydroxylation is 1. The van der Waals surface area contributed by atoms with Gasteiger partial charge in [-0.25, -0.2) is 0 Å². The van der Waals surface area contributed by atoms with E-state index in [4.69, 9.17) is 12.2 Å². The highest BCUT2D eigenvalue weighted by molar-refractivity contribution is 7.80. The smallest absolute Gasteiger partial charge is 0.293 e. The Balaban J connectivity index is 1.24. The number of nitro groups is 1. The van der Waals surface area contributed by atoms with E-state index in [-0.39, 0.29) is 16.4 Å². The molecule has 2 aromatic carbocycles. The second-order valence-corrected chi connectivity index (χ2v) is 9.93. The summed E-state index contributed by atoms with van der Waals surface area (Å²) in [6.07, 6.45) is 3.85. The van der Waals surface area contributed by atoms with Gasteiger partial charge in [0.25, 0.3) is 11.6 Å². The van der Waals surface area contributed by atoms with Crippen LogP contribution in [0, 0.1) is 10.1 Å². The molecule has 0 aliphatic carbocycles. The average molecular weight is 537 g/mol. The third kappa shape index (κ3) is 5.27. The molecule has 0 atom stereocenters. The molecule has 0 saturated carbocycles. The van der Waals surface area contributed by atoms with Crippen LogP contribution in [0.15, 0.2) is 42.5 Å². The van der Waals surface area contributed by atoms with Gasteiger partial charge in [-0.3, -0.25) is 20.2 Å². The molecule has 13 heteroatoms. The summed E-state index contributed by atoms with van der Waals surface area (Å²) in [4.78, 5) is 26.8. The lowest BCUT2D eigenvalue weighted by molar-refractivity contribution is -0.384. The number of thiocarbonyl (C=S) groups is 1. The van der Waals surface area contributed by atoms with Crippen molar-refractivity contribution in [3.05, 3.63) is 64.0 Å². The van der Waals surface area contributed by atoms with Gasteiger partial charge in [-0.05, 0) is 67.9 Å². The number of nitrogens with one attached hydrogen (secondary N) is 2. The molecule has 2 aromatic heterocycles. The topological polar surface area (TPSA) is 131 Å². The quantitative estimate of drug-likeness (QED) is 0.209. The highest BCUT2D eigenvalue weighted by Crippen LogP contribution is 2.31. The Labute approximate surface area is 221 Å². The van der Waals surface area contributed by atoms with Crippen molar-refractivity contribution in [2.24, 2.45) is 0 Å². The molecule has 0 spiro atoms. The summed E-state index contributed by atoms with van der Waals surface area (Å²) in [6.45, 7) is 3.54. The fourth-order valence-electron chi connectivity index (χ4n) is 4.24. The van der Waals surface area contributed by atoms with Crippen LogP contribution >= 0.6 is 23.6 Å². The van der Waals surface area contributed by atoms with Crippen molar-refractivity contribution in [3.8, 4) is 10.6 Å². The molecule has 0 unspecified atom stereocenters. The lowest BCUT2D eigenvalue weighted by Crippen LogP contribution is -2.34. The average Bonchev–Trinajstić information content (AvgIpc) is 3.50. The largest absolute Gasteiger partial charge is 0.366 e. The van der Waals surface area contributed by atoms with Crippen molar-refractivity contribution >= 4 is 56.6 Å². The van der Waals surface area contributed by atoms with Gasteiger partial charge < -0.3 is 10.2 Å². The van der Waals surface area contributed by atoms with E-state index in [1.165, 1.54) is 17.4 Å². The molecule has 3 heterocycles. The SMILES string of the molecule is CCc1nnc2sc(-c3ccc(NC(=S)NC(=O)c4ccc(N5CCCCC5)c([N+](=O)[O-])c4)cc3)nn12. The van der Waals surface area contributed by atoms with Crippen LogP contribution in [-0.4, -0.2) is 48.8 Å². The predicted molar refractivity (Wildman–Crippen MR) is 146 cm³/mol. The normalized spacial score (nSPS) is 13.5. The first-order chi connectivity index (χ1) is 17.9. The maximum absolute atomic E-state index is 12.8. The van der Waals surface area contributed by atoms with E-state index >= 15 is 0 Å². The summed E-state index contributed by atoms with van der Waals surface area (Å²) in [6, 6.07) is 12.0. The number of nitro benzene ring substituents is 1. The first-order valence-corrected chi connectivity index (χ1v) is 13.1. The van der Waals surface area contributed by atoms with E-state index in [0.717, 1.165) is 60.1 Å². The number of hydrogen-bond acceptors (Lipinski definition) is 9. The van der Waals surface area contributed by atoms with Crippen LogP contribution in [-0.2, 0) is 6.42 Å². The van der Waals surface area contributed by atoms with E-state index in [1.807, 2.05) is 36.1 Å². The Hall–Kier alpha value is -3.97. The standard InChI is InChI=1S/C24H24N8O3S2/c1-2-20-27-28-24-31(20)29-22(37-24)15-6-9-17(10-7-15)25-23(36)26-21(33)16-8-11-18(19(14-16)32(34)35)30-12-4-3-5-13-30/h6-11,14H,2-5,12-13H2,1H3,(H2,25,26,33,36). The summed E-state index contributed by atoms with van der Waals surface area (Å²) < 4.78 is 1.75. The first kappa shape index (κ1) is 24.7. The minimum absolute atomic E-state index is 0.0829. The van der Waals surface area contributed by atoms with Crippen molar-refractivity contribution in [2.45, 2.75) is 32.6 Å². The molecule has 1 aliphatic rings. The monoisotopic (exact) mass is 536 g/mol. The number of fused-ring (bicyclic) bond motifs is 1. The van der Waals surface area contributed by atoms with E-state index in [1.54, 1.807) is 16.6 Å². The van der Waals surface area contributed by atoms with Gasteiger partial charge in [0.2, 0.25) is 4.96 Å². The number of aromatic nitrogens is 4. The van der Waals surface area contributed by atoms with Crippen LogP contribution in [0.3, 0.4) is 0 Å². The van der Waals surface area contributed by atoms with Crippen molar-refractivity contribution in [1.82, 2.24) is 25.1 Å². The van der Waals surface area contributed by atoms with E-state index in [0.29, 0.717) is 11.4 Å². The van der Waals surface area contributed by atoms with Crippen LogP contribution in [0.5, 0.6) is 0 Å². The van der Waals surface area contributed by atoms with E-state index in [2.05, 4.69) is 25.9 Å². The van der Waals surface area contributed by atoms with Crippen LogP contribution < -0.4 is 15.5 Å². The fraction of sp³-hybridized carbons (Fsp3) is 0.292. The molecule has 1 aliphatic heterocycles. The summed E-state index contributed by atoms with van der Waals surface area (Å²) in [5.74, 6) is 0.289. The first-order valence-electron chi connectivity index (χ1n) is 11.9. The zero-order chi connectivity index (χ0) is 25.9. The third-order valence-electron chi connectivity index (χ3n) is 6.12. The van der Waals surface area contributed by atoms with Crippen LogP contribution in [0.2, 0.25) is 0 Å². The zero-order valence-corrected chi connectivity index (χ0v) is 21.6. The summed E-state index contributed by atoms with van der Waals surface area (Å²) in [5, 5.41) is 31.0. The third-order valence-corrected chi connectivity index (χ3v) is 7.27. The molecule has 11 nitrogen and oxygen atoms in total. The van der Waals surface area contributed by atoms with Crippen LogP contribution in [0.4, 0.5) is 17.1 Å². The molecule has 37 heavy (non-hydrogen) atoms. The minimum atomic E-state index is -0.520. The number of benzene rings is 2. The maximum Gasteiger partial charge on any atom is 0.293 e. The van der Waals surface area contributed by atoms with Gasteiger partial charge in [0.1, 0.15) is 10.7 Å². The highest BCUT2D eigenvalue weighted by Gasteiger charge is 2.23. The van der Waals surface area contributed by atoms with Crippen molar-refractivity contribution < 1.29 is 9.72 Å². The van der Waals surface area contributed by atoms with Crippen molar-refractivity contribution in [1.29, 1.82) is 0 Å². The van der Waals surface area contributed by atoms with Gasteiger partial charge in [0, 0.05) is 42.4 Å². The maximum atomic E-state index is 12.8. The van der Waals surface area contributed by atoms with Gasteiger partial charge in [-0.1, -0.05) is 18.3 Å². The van der Waals surface area contributed by atoms with Crippen LogP contribution in [0.1, 0.15) is 42.4 Å². The van der Waals surface area contributed by atoms with E-state index < -0.39 is 10.8 Å². The zero-order valence-electron chi connectivity index (χ0n) is 20.0. The lowest BCUT2D eigenvalue weighted by Gasteiger charge is -2.28. The Morgan fingerprint density at radius 3 is 2.59 bits per heavy atom. The Morgan fingerprint density at radius 1 is 1.14 bits per heavy atom. The number of carbonyl (C=O) groups excluding carboxylic acids is 1. The number of piperidine rings is 1. The number of amides is 1. The second-order valence-electron chi connectivity index (χ2n) is 8.57. The second kappa shape index (κ2) is 10.6. The Morgan fingerprint density at radius 2 is 1.89 bits per heavy atom. The van der Waals surface area contributed by atoms with Crippen molar-refractivity contribution in [2.75, 3.05) is 23.3 Å². The van der Waals surface area contributed by atoms with Gasteiger partial charge in [0.05, 0.1) is 4.92 Å². The minimum Gasteiger partial charge on any atom is -0.366 e. The number of carbonyl (C=O) groups is 1. The van der Waals surface area contributed by atoms with Gasteiger partial charge in [-0.15, -0.1) is 10.2 Å². The molecular formula is C24H24N8O3S2. The van der Waals surface area contributed by atoms with Gasteiger partial charge in [-0.2, -0.15) is 9.61 Å². The summed E-state index contributed by atoms with van der Waals surface area (Å²) >= 11 is 6.75. The molecule has 0 bridgehead atoms. The number of anilines is 2. The number of rotatable bonds is 6. The molecular weight excluding hydrogens is 512 g/mol. The predicted octanol–water partition coefficient (Wildman–Crippen LogP) is 4.44. The molecule has 0 radical (unpaired) electrons. The van der Waals surface area contributed by atoms with Gasteiger partial charge in [0.15, 0.2) is 10.9 Å². The number of nitrogens with zero attached hydrogens (tertiary/aromatic N) is 6. The molecule has 4 aromatic rings. The molecule has 2 N–H and O–H groups in total. The summed E-state index contributed by atoms with van der Waals surface area (Å²) in [7, 11) is 0. The highest BCUT2D eigenvalue weighted by atomic mass is 32.1. The Bertz CT molecular complexity index is 1480.